The SMILES string of the molecule is CCCC(CC(=O)O)NC(=O)c1cc(Cl)ccc1I. The van der Waals surface area contributed by atoms with Crippen molar-refractivity contribution in [2.45, 2.75) is 32.2 Å². The Balaban J connectivity index is 2.81. The van der Waals surface area contributed by atoms with Gasteiger partial charge in [-0.2, -0.15) is 0 Å². The fourth-order valence-corrected chi connectivity index (χ4v) is 2.47. The van der Waals surface area contributed by atoms with Crippen LogP contribution in [0, 0.1) is 3.57 Å². The molecule has 1 aromatic carbocycles. The van der Waals surface area contributed by atoms with Crippen molar-refractivity contribution in [2.75, 3.05) is 0 Å². The standard InChI is InChI=1S/C13H15ClINO3/c1-2-3-9(7-12(17)18)16-13(19)10-6-8(14)4-5-11(10)15/h4-6,9H,2-3,7H2,1H3,(H,16,19)(H,17,18). The fourth-order valence-electron chi connectivity index (χ4n) is 1.72. The molecule has 0 spiro atoms. The monoisotopic (exact) mass is 395 g/mol. The molecular formula is C13H15ClINO3. The van der Waals surface area contributed by atoms with Crippen molar-refractivity contribution in [1.82, 2.24) is 5.32 Å². The zero-order valence-corrected chi connectivity index (χ0v) is 13.4. The van der Waals surface area contributed by atoms with Crippen LogP contribution in [-0.2, 0) is 4.79 Å². The van der Waals surface area contributed by atoms with Crippen molar-refractivity contribution >= 4 is 46.1 Å². The van der Waals surface area contributed by atoms with Gasteiger partial charge in [-0.05, 0) is 47.2 Å². The fraction of sp³-hybridized carbons (Fsp3) is 0.385. The summed E-state index contributed by atoms with van der Waals surface area (Å²) in [7, 11) is 0. The van der Waals surface area contributed by atoms with Crippen LogP contribution in [0.1, 0.15) is 36.5 Å². The van der Waals surface area contributed by atoms with Crippen LogP contribution >= 0.6 is 34.2 Å². The van der Waals surface area contributed by atoms with Gasteiger partial charge in [0.1, 0.15) is 0 Å². The molecule has 4 nitrogen and oxygen atoms in total. The number of hydrogen-bond acceptors (Lipinski definition) is 2. The van der Waals surface area contributed by atoms with Crippen LogP contribution in [0.25, 0.3) is 0 Å². The topological polar surface area (TPSA) is 66.4 Å². The molecule has 1 atom stereocenters. The first kappa shape index (κ1) is 16.2. The first-order valence-corrected chi connectivity index (χ1v) is 7.37. The first-order valence-electron chi connectivity index (χ1n) is 5.91. The maximum Gasteiger partial charge on any atom is 0.305 e. The largest absolute Gasteiger partial charge is 0.481 e. The number of benzene rings is 1. The van der Waals surface area contributed by atoms with E-state index in [1.807, 2.05) is 6.92 Å². The van der Waals surface area contributed by atoms with Crippen molar-refractivity contribution in [1.29, 1.82) is 0 Å². The van der Waals surface area contributed by atoms with E-state index in [4.69, 9.17) is 16.7 Å². The van der Waals surface area contributed by atoms with Crippen molar-refractivity contribution in [3.63, 3.8) is 0 Å². The lowest BCUT2D eigenvalue weighted by atomic mass is 10.1. The molecular weight excluding hydrogens is 381 g/mol. The molecule has 0 aliphatic carbocycles. The Hall–Kier alpha value is -0.820. The van der Waals surface area contributed by atoms with Gasteiger partial charge in [-0.25, -0.2) is 0 Å². The molecule has 6 heteroatoms. The highest BCUT2D eigenvalue weighted by Crippen LogP contribution is 2.18. The average molecular weight is 396 g/mol. The van der Waals surface area contributed by atoms with Crippen molar-refractivity contribution in [2.24, 2.45) is 0 Å². The van der Waals surface area contributed by atoms with E-state index in [0.29, 0.717) is 17.0 Å². The first-order chi connectivity index (χ1) is 8.93. The summed E-state index contributed by atoms with van der Waals surface area (Å²) in [4.78, 5) is 22.9. The summed E-state index contributed by atoms with van der Waals surface area (Å²) in [6.45, 7) is 1.95. The van der Waals surface area contributed by atoms with Gasteiger partial charge in [-0.3, -0.25) is 9.59 Å². The Morgan fingerprint density at radius 2 is 2.16 bits per heavy atom. The Labute approximate surface area is 130 Å². The van der Waals surface area contributed by atoms with Gasteiger partial charge < -0.3 is 10.4 Å². The summed E-state index contributed by atoms with van der Waals surface area (Å²) in [6, 6.07) is 4.69. The van der Waals surface area contributed by atoms with E-state index < -0.39 is 5.97 Å². The van der Waals surface area contributed by atoms with Crippen molar-refractivity contribution in [3.05, 3.63) is 32.4 Å². The minimum Gasteiger partial charge on any atom is -0.481 e. The molecule has 19 heavy (non-hydrogen) atoms. The molecule has 0 bridgehead atoms. The Morgan fingerprint density at radius 1 is 1.47 bits per heavy atom. The third kappa shape index (κ3) is 5.36. The molecule has 0 heterocycles. The Bertz CT molecular complexity index is 479. The lowest BCUT2D eigenvalue weighted by Gasteiger charge is -2.16. The maximum absolute atomic E-state index is 12.1. The van der Waals surface area contributed by atoms with Crippen LogP contribution in [0.3, 0.4) is 0 Å². The van der Waals surface area contributed by atoms with Gasteiger partial charge in [0.25, 0.3) is 5.91 Å². The minimum atomic E-state index is -0.917. The Morgan fingerprint density at radius 3 is 2.74 bits per heavy atom. The maximum atomic E-state index is 12.1. The van der Waals surface area contributed by atoms with E-state index in [1.165, 1.54) is 0 Å². The highest BCUT2D eigenvalue weighted by atomic mass is 127. The van der Waals surface area contributed by atoms with Gasteiger partial charge in [0, 0.05) is 14.6 Å². The molecule has 0 radical (unpaired) electrons. The molecule has 104 valence electrons. The van der Waals surface area contributed by atoms with Crippen molar-refractivity contribution in [3.8, 4) is 0 Å². The van der Waals surface area contributed by atoms with Gasteiger partial charge in [-0.15, -0.1) is 0 Å². The van der Waals surface area contributed by atoms with Crippen LogP contribution < -0.4 is 5.32 Å². The number of carbonyl (C=O) groups is 2. The van der Waals surface area contributed by atoms with E-state index in [9.17, 15) is 9.59 Å². The summed E-state index contributed by atoms with van der Waals surface area (Å²) in [6.07, 6.45) is 1.37. The second-order valence-electron chi connectivity index (χ2n) is 4.18. The third-order valence-corrected chi connectivity index (χ3v) is 3.74. The summed E-state index contributed by atoms with van der Waals surface area (Å²) < 4.78 is 0.782. The zero-order chi connectivity index (χ0) is 14.4. The predicted octanol–water partition coefficient (Wildman–Crippen LogP) is 3.32. The molecule has 1 unspecified atom stereocenters. The van der Waals surface area contributed by atoms with Crippen LogP contribution in [0.15, 0.2) is 18.2 Å². The quantitative estimate of drug-likeness (QED) is 0.726. The molecule has 0 aliphatic rings. The van der Waals surface area contributed by atoms with Crippen molar-refractivity contribution < 1.29 is 14.7 Å². The van der Waals surface area contributed by atoms with Gasteiger partial charge >= 0.3 is 5.97 Å². The number of carboxylic acids is 1. The molecule has 1 rings (SSSR count). The van der Waals surface area contributed by atoms with E-state index in [2.05, 4.69) is 27.9 Å². The highest BCUT2D eigenvalue weighted by Gasteiger charge is 2.18. The number of halogens is 2. The molecule has 2 N–H and O–H groups in total. The zero-order valence-electron chi connectivity index (χ0n) is 10.5. The Kier molecular flexibility index (Phi) is 6.57. The number of carbonyl (C=O) groups excluding carboxylic acids is 1. The van der Waals surface area contributed by atoms with Gasteiger partial charge in [0.2, 0.25) is 0 Å². The van der Waals surface area contributed by atoms with E-state index >= 15 is 0 Å². The second kappa shape index (κ2) is 7.69. The van der Waals surface area contributed by atoms with E-state index in [0.717, 1.165) is 9.99 Å². The lowest BCUT2D eigenvalue weighted by Crippen LogP contribution is -2.36. The van der Waals surface area contributed by atoms with Gasteiger partial charge in [-0.1, -0.05) is 24.9 Å². The molecule has 0 fully saturated rings. The third-order valence-electron chi connectivity index (χ3n) is 2.57. The molecule has 0 saturated carbocycles. The van der Waals surface area contributed by atoms with Crippen LogP contribution in [-0.4, -0.2) is 23.0 Å². The van der Waals surface area contributed by atoms with Crippen LogP contribution in [0.5, 0.6) is 0 Å². The molecule has 0 aliphatic heterocycles. The summed E-state index contributed by atoms with van der Waals surface area (Å²) in [5.74, 6) is -1.20. The average Bonchev–Trinajstić information content (AvgIpc) is 2.31. The van der Waals surface area contributed by atoms with E-state index in [1.54, 1.807) is 18.2 Å². The number of nitrogens with one attached hydrogen (secondary N) is 1. The number of carboxylic acid groups (broad SMARTS) is 1. The summed E-state index contributed by atoms with van der Waals surface area (Å²) >= 11 is 7.92. The molecule has 1 aromatic rings. The lowest BCUT2D eigenvalue weighted by molar-refractivity contribution is -0.137. The molecule has 0 saturated heterocycles. The summed E-state index contributed by atoms with van der Waals surface area (Å²) in [5, 5.41) is 12.1. The highest BCUT2D eigenvalue weighted by molar-refractivity contribution is 14.1. The van der Waals surface area contributed by atoms with Crippen LogP contribution in [0.4, 0.5) is 0 Å². The number of rotatable bonds is 6. The normalized spacial score (nSPS) is 11.9. The smallest absolute Gasteiger partial charge is 0.305 e. The second-order valence-corrected chi connectivity index (χ2v) is 5.78. The predicted molar refractivity (Wildman–Crippen MR) is 82.6 cm³/mol. The molecule has 1 amide bonds. The summed E-state index contributed by atoms with van der Waals surface area (Å²) in [5.41, 5.74) is 0.472. The van der Waals surface area contributed by atoms with Crippen LogP contribution in [0.2, 0.25) is 5.02 Å². The number of hydrogen-bond donors (Lipinski definition) is 2. The number of aliphatic carboxylic acids is 1. The van der Waals surface area contributed by atoms with Gasteiger partial charge in [0.15, 0.2) is 0 Å². The number of amides is 1. The minimum absolute atomic E-state index is 0.0727. The van der Waals surface area contributed by atoms with E-state index in [-0.39, 0.29) is 18.4 Å². The molecule has 0 aromatic heterocycles. The van der Waals surface area contributed by atoms with Gasteiger partial charge in [0.05, 0.1) is 12.0 Å².